The highest BCUT2D eigenvalue weighted by molar-refractivity contribution is 7.80. The van der Waals surface area contributed by atoms with Gasteiger partial charge in [0, 0.05) is 22.2 Å². The van der Waals surface area contributed by atoms with Crippen molar-refractivity contribution in [2.75, 3.05) is 4.90 Å². The lowest BCUT2D eigenvalue weighted by atomic mass is 9.81. The molecule has 2 aliphatic rings. The summed E-state index contributed by atoms with van der Waals surface area (Å²) in [5.74, 6) is 1.11. The van der Waals surface area contributed by atoms with E-state index < -0.39 is 5.72 Å². The molecule has 2 aromatic rings. The highest BCUT2D eigenvalue weighted by Gasteiger charge is 2.53. The molecule has 118 valence electrons. The van der Waals surface area contributed by atoms with Crippen LogP contribution in [0.2, 0.25) is 5.02 Å². The number of benzene rings is 2. The molecule has 2 heterocycles. The fraction of sp³-hybridized carbons (Fsp3) is 0.278. The molecule has 1 N–H and O–H groups in total. The molecule has 2 bridgehead atoms. The number of ether oxygens (including phenoxy) is 1. The zero-order chi connectivity index (χ0) is 16.2. The third-order valence-electron chi connectivity index (χ3n) is 4.91. The van der Waals surface area contributed by atoms with E-state index in [1.54, 1.807) is 0 Å². The molecule has 23 heavy (non-hydrogen) atoms. The predicted molar refractivity (Wildman–Crippen MR) is 97.0 cm³/mol. The third-order valence-corrected chi connectivity index (χ3v) is 5.44. The Kier molecular flexibility index (Phi) is 3.29. The second-order valence-electron chi connectivity index (χ2n) is 6.23. The van der Waals surface area contributed by atoms with Gasteiger partial charge in [0.05, 0.1) is 6.04 Å². The Morgan fingerprint density at radius 2 is 2.00 bits per heavy atom. The molecule has 0 spiro atoms. The summed E-state index contributed by atoms with van der Waals surface area (Å²) >= 11 is 11.8. The summed E-state index contributed by atoms with van der Waals surface area (Å²) in [5, 5.41) is 4.82. The molecule has 3 atom stereocenters. The van der Waals surface area contributed by atoms with Crippen molar-refractivity contribution in [3.63, 3.8) is 0 Å². The van der Waals surface area contributed by atoms with E-state index in [1.807, 2.05) is 47.4 Å². The van der Waals surface area contributed by atoms with Crippen molar-refractivity contribution in [1.82, 2.24) is 5.32 Å². The summed E-state index contributed by atoms with van der Waals surface area (Å²) in [6.45, 7) is 4.28. The molecular formula is C18H17ClN2OS. The topological polar surface area (TPSA) is 24.5 Å². The fourth-order valence-electron chi connectivity index (χ4n) is 3.56. The number of hydrogen-bond acceptors (Lipinski definition) is 2. The minimum absolute atomic E-state index is 0.146. The van der Waals surface area contributed by atoms with Crippen molar-refractivity contribution in [1.29, 1.82) is 0 Å². The first-order valence-electron chi connectivity index (χ1n) is 7.65. The molecule has 0 saturated carbocycles. The smallest absolute Gasteiger partial charge is 0.190 e. The maximum absolute atomic E-state index is 6.44. The summed E-state index contributed by atoms with van der Waals surface area (Å²) < 4.78 is 6.44. The normalized spacial score (nSPS) is 28.7. The summed E-state index contributed by atoms with van der Waals surface area (Å²) in [6.07, 6.45) is 0. The van der Waals surface area contributed by atoms with E-state index in [1.165, 1.54) is 0 Å². The van der Waals surface area contributed by atoms with E-state index >= 15 is 0 Å². The van der Waals surface area contributed by atoms with E-state index in [-0.39, 0.29) is 12.0 Å². The number of rotatable bonds is 1. The number of nitrogens with zero attached hydrogens (tertiary/aromatic N) is 1. The van der Waals surface area contributed by atoms with Crippen LogP contribution in [0.5, 0.6) is 5.75 Å². The molecule has 2 aromatic carbocycles. The monoisotopic (exact) mass is 344 g/mol. The standard InChI is InChI=1S/C18H17ClN2OS/c1-11-16-14-8-3-4-9-15(14)22-18(11,2)21(17(23)20-16)13-7-5-6-12(19)10-13/h3-11,16H,1-2H3,(H,20,23)/t11-,16-,18-/m0/s1. The van der Waals surface area contributed by atoms with Crippen molar-refractivity contribution in [2.24, 2.45) is 5.92 Å². The van der Waals surface area contributed by atoms with Crippen molar-refractivity contribution in [3.05, 3.63) is 59.1 Å². The van der Waals surface area contributed by atoms with Crippen LogP contribution in [-0.4, -0.2) is 10.8 Å². The fourth-order valence-corrected chi connectivity index (χ4v) is 4.16. The van der Waals surface area contributed by atoms with Crippen molar-refractivity contribution in [3.8, 4) is 5.75 Å². The lowest BCUT2D eigenvalue weighted by Crippen LogP contribution is -2.69. The third kappa shape index (κ3) is 2.12. The average molecular weight is 345 g/mol. The van der Waals surface area contributed by atoms with Crippen LogP contribution in [0.3, 0.4) is 0 Å². The first-order valence-corrected chi connectivity index (χ1v) is 8.43. The number of anilines is 1. The quantitative estimate of drug-likeness (QED) is 0.769. The van der Waals surface area contributed by atoms with Crippen LogP contribution in [0.4, 0.5) is 5.69 Å². The van der Waals surface area contributed by atoms with Gasteiger partial charge in [0.15, 0.2) is 10.8 Å². The van der Waals surface area contributed by atoms with Crippen LogP contribution in [0, 0.1) is 5.92 Å². The zero-order valence-electron chi connectivity index (χ0n) is 12.9. The van der Waals surface area contributed by atoms with Gasteiger partial charge in [-0.05, 0) is 43.4 Å². The minimum Gasteiger partial charge on any atom is -0.467 e. The molecule has 5 heteroatoms. The van der Waals surface area contributed by atoms with E-state index in [0.717, 1.165) is 17.0 Å². The lowest BCUT2D eigenvalue weighted by molar-refractivity contribution is -0.00316. The van der Waals surface area contributed by atoms with Gasteiger partial charge in [-0.25, -0.2) is 0 Å². The van der Waals surface area contributed by atoms with Crippen molar-refractivity contribution >= 4 is 34.6 Å². The number of halogens is 1. The minimum atomic E-state index is -0.563. The summed E-state index contributed by atoms with van der Waals surface area (Å²) in [5.41, 5.74) is 1.53. The van der Waals surface area contributed by atoms with Gasteiger partial charge in [-0.3, -0.25) is 4.90 Å². The molecule has 1 fully saturated rings. The zero-order valence-corrected chi connectivity index (χ0v) is 14.5. The van der Waals surface area contributed by atoms with E-state index in [2.05, 4.69) is 25.2 Å². The number of nitrogens with one attached hydrogen (secondary N) is 1. The van der Waals surface area contributed by atoms with Gasteiger partial charge in [-0.15, -0.1) is 0 Å². The first kappa shape index (κ1) is 14.8. The van der Waals surface area contributed by atoms with Crippen molar-refractivity contribution in [2.45, 2.75) is 25.6 Å². The van der Waals surface area contributed by atoms with Gasteiger partial charge in [0.1, 0.15) is 5.75 Å². The van der Waals surface area contributed by atoms with Crippen LogP contribution in [-0.2, 0) is 0 Å². The first-order chi connectivity index (χ1) is 11.0. The second kappa shape index (κ2) is 5.11. The van der Waals surface area contributed by atoms with Crippen LogP contribution in [0.25, 0.3) is 0 Å². The van der Waals surface area contributed by atoms with E-state index in [9.17, 15) is 0 Å². The lowest BCUT2D eigenvalue weighted by Gasteiger charge is -2.56. The summed E-state index contributed by atoms with van der Waals surface area (Å²) in [6, 6.07) is 16.0. The molecule has 0 amide bonds. The van der Waals surface area contributed by atoms with Gasteiger partial charge >= 0.3 is 0 Å². The predicted octanol–water partition coefficient (Wildman–Crippen LogP) is 4.52. The van der Waals surface area contributed by atoms with Crippen LogP contribution < -0.4 is 15.0 Å². The molecule has 0 unspecified atom stereocenters. The van der Waals surface area contributed by atoms with Crippen LogP contribution in [0.1, 0.15) is 25.5 Å². The van der Waals surface area contributed by atoms with Crippen LogP contribution >= 0.6 is 23.8 Å². The Bertz CT molecular complexity index is 796. The molecular weight excluding hydrogens is 328 g/mol. The Hall–Kier alpha value is -1.78. The molecule has 0 aromatic heterocycles. The van der Waals surface area contributed by atoms with Gasteiger partial charge in [0.25, 0.3) is 0 Å². The summed E-state index contributed by atoms with van der Waals surface area (Å²) in [7, 11) is 0. The largest absolute Gasteiger partial charge is 0.467 e. The van der Waals surface area contributed by atoms with Gasteiger partial charge in [-0.2, -0.15) is 0 Å². The molecule has 0 radical (unpaired) electrons. The number of hydrogen-bond donors (Lipinski definition) is 1. The van der Waals surface area contributed by atoms with E-state index in [4.69, 9.17) is 28.6 Å². The molecule has 4 rings (SSSR count). The Morgan fingerprint density at radius 3 is 2.78 bits per heavy atom. The van der Waals surface area contributed by atoms with Crippen molar-refractivity contribution < 1.29 is 4.74 Å². The number of fused-ring (bicyclic) bond motifs is 4. The maximum Gasteiger partial charge on any atom is 0.190 e. The molecule has 3 nitrogen and oxygen atoms in total. The molecule has 0 aliphatic carbocycles. The SMILES string of the molecule is C[C@H]1[C@@H]2NC(=S)N(c3cccc(Cl)c3)[C@@]1(C)Oc1ccccc12. The Morgan fingerprint density at radius 1 is 1.22 bits per heavy atom. The molecule has 1 saturated heterocycles. The van der Waals surface area contributed by atoms with Gasteiger partial charge in [0.2, 0.25) is 0 Å². The number of thiocarbonyl (C=S) groups is 1. The van der Waals surface area contributed by atoms with E-state index in [0.29, 0.717) is 10.1 Å². The van der Waals surface area contributed by atoms with Gasteiger partial charge < -0.3 is 10.1 Å². The highest BCUT2D eigenvalue weighted by Crippen LogP contribution is 2.49. The average Bonchev–Trinajstić information content (AvgIpc) is 2.50. The number of para-hydroxylation sites is 1. The Balaban J connectivity index is 1.87. The summed E-state index contributed by atoms with van der Waals surface area (Å²) in [4.78, 5) is 2.03. The van der Waals surface area contributed by atoms with Crippen LogP contribution in [0.15, 0.2) is 48.5 Å². The highest BCUT2D eigenvalue weighted by atomic mass is 35.5. The second-order valence-corrected chi connectivity index (χ2v) is 7.05. The maximum atomic E-state index is 6.44. The van der Waals surface area contributed by atoms with Gasteiger partial charge in [-0.1, -0.05) is 42.8 Å². The Labute approximate surface area is 146 Å². The molecule has 2 aliphatic heterocycles.